The van der Waals surface area contributed by atoms with Gasteiger partial charge in [0.05, 0.1) is 0 Å². The third-order valence-electron chi connectivity index (χ3n) is 3.33. The van der Waals surface area contributed by atoms with Crippen molar-refractivity contribution in [2.24, 2.45) is 5.10 Å². The molecule has 1 heterocycles. The largest absolute Gasteiger partial charge is 0.453 e. The lowest BCUT2D eigenvalue weighted by Gasteiger charge is -2.26. The predicted octanol–water partition coefficient (Wildman–Crippen LogP) is 4.02. The topological polar surface area (TPSA) is 41.5 Å². The van der Waals surface area contributed by atoms with Crippen molar-refractivity contribution in [1.82, 2.24) is 9.91 Å². The first-order chi connectivity index (χ1) is 10.6. The van der Waals surface area contributed by atoms with Crippen LogP contribution in [0.1, 0.15) is 18.4 Å². The summed E-state index contributed by atoms with van der Waals surface area (Å²) in [5, 5.41) is 5.82. The number of benzene rings is 1. The Labute approximate surface area is 127 Å². The lowest BCUT2D eigenvalue weighted by atomic mass is 10.1. The van der Waals surface area contributed by atoms with E-state index in [1.807, 2.05) is 0 Å². The third-order valence-corrected chi connectivity index (χ3v) is 3.33. The summed E-state index contributed by atoms with van der Waals surface area (Å²) in [6.07, 6.45) is -10.1. The van der Waals surface area contributed by atoms with Gasteiger partial charge in [-0.05, 0) is 6.07 Å². The minimum Gasteiger partial charge on any atom is -0.258 e. The van der Waals surface area contributed by atoms with Gasteiger partial charge in [-0.1, -0.05) is 21.8 Å². The number of urea groups is 1. The monoisotopic (exact) mass is 340 g/mol. The second-order valence-corrected chi connectivity index (χ2v) is 4.92. The van der Waals surface area contributed by atoms with E-state index >= 15 is 0 Å². The van der Waals surface area contributed by atoms with Crippen LogP contribution in [0.5, 0.6) is 0 Å². The molecular formula is C13H12F6N3O+. The van der Waals surface area contributed by atoms with E-state index in [1.165, 1.54) is 6.07 Å². The van der Waals surface area contributed by atoms with Crippen molar-refractivity contribution in [3.63, 3.8) is 0 Å². The van der Waals surface area contributed by atoms with E-state index in [-0.39, 0.29) is 0 Å². The third kappa shape index (κ3) is 3.63. The lowest BCUT2D eigenvalue weighted by molar-refractivity contribution is -0.139. The minimum absolute atomic E-state index is 0.506. The van der Waals surface area contributed by atoms with Gasteiger partial charge in [-0.3, -0.25) is 5.32 Å². The van der Waals surface area contributed by atoms with E-state index in [4.69, 9.17) is 0 Å². The van der Waals surface area contributed by atoms with Crippen LogP contribution in [0.25, 0.3) is 0 Å². The first-order valence-electron chi connectivity index (χ1n) is 6.53. The number of hydrogen-bond donors (Lipinski definition) is 1. The Morgan fingerprint density at radius 2 is 1.74 bits per heavy atom. The zero-order valence-electron chi connectivity index (χ0n) is 11.6. The Hall–Kier alpha value is -2.10. The Balaban J connectivity index is 2.41. The molecule has 1 N–H and O–H groups in total. The molecule has 0 spiro atoms. The Kier molecular flexibility index (Phi) is 4.38. The van der Waals surface area contributed by atoms with Crippen LogP contribution in [0.2, 0.25) is 0 Å². The van der Waals surface area contributed by atoms with Crippen LogP contribution in [0.4, 0.5) is 36.8 Å². The molecule has 0 radical (unpaired) electrons. The van der Waals surface area contributed by atoms with Crippen LogP contribution < -0.4 is 9.91 Å². The molecule has 1 aliphatic heterocycles. The summed E-state index contributed by atoms with van der Waals surface area (Å²) < 4.78 is 75.1. The molecule has 2 amide bonds. The normalized spacial score (nSPS) is 21.6. The summed E-state index contributed by atoms with van der Waals surface area (Å²) >= 11 is 0. The second-order valence-electron chi connectivity index (χ2n) is 4.92. The summed E-state index contributed by atoms with van der Waals surface area (Å²) in [5.74, 6) is 0. The number of alkyl halides is 6. The highest BCUT2D eigenvalue weighted by Gasteiger charge is 2.49. The van der Waals surface area contributed by atoms with Gasteiger partial charge in [-0.2, -0.15) is 26.3 Å². The van der Waals surface area contributed by atoms with Gasteiger partial charge in [0.1, 0.15) is 12.1 Å². The van der Waals surface area contributed by atoms with E-state index in [9.17, 15) is 31.1 Å². The molecule has 1 atom stereocenters. The van der Waals surface area contributed by atoms with E-state index in [0.29, 0.717) is 0 Å². The number of rotatable bonds is 4. The van der Waals surface area contributed by atoms with Gasteiger partial charge in [0.25, 0.3) is 0 Å². The molecule has 1 aliphatic rings. The first-order valence-corrected chi connectivity index (χ1v) is 6.53. The number of hydrogen-bond acceptors (Lipinski definition) is 2. The highest BCUT2D eigenvalue weighted by molar-refractivity contribution is 5.99. The maximum Gasteiger partial charge on any atom is 0.453 e. The summed E-state index contributed by atoms with van der Waals surface area (Å²) in [5.41, 5.74) is -1.62. The average Bonchev–Trinajstić information content (AvgIpc) is 2.79. The van der Waals surface area contributed by atoms with Crippen molar-refractivity contribution in [3.05, 3.63) is 29.8 Å². The molecule has 2 rings (SSSR count). The van der Waals surface area contributed by atoms with E-state index in [1.54, 1.807) is 0 Å². The fourth-order valence-electron chi connectivity index (χ4n) is 2.34. The standard InChI is InChI=1S/C13H11F6N3O/c14-12(15,16)6-3-7-22(11(23)20-8-21-22)10-5-2-1-4-9(10)13(17,18)19/h1-2,4-5,8H,3,6-7H2/p+1. The lowest BCUT2D eigenvalue weighted by Crippen LogP contribution is -2.51. The van der Waals surface area contributed by atoms with Crippen molar-refractivity contribution in [3.8, 4) is 0 Å². The van der Waals surface area contributed by atoms with Gasteiger partial charge in [-0.25, -0.2) is 4.79 Å². The fourth-order valence-corrected chi connectivity index (χ4v) is 2.34. The summed E-state index contributed by atoms with van der Waals surface area (Å²) in [7, 11) is 0. The number of para-hydroxylation sites is 1. The van der Waals surface area contributed by atoms with Crippen molar-refractivity contribution in [2.75, 3.05) is 6.54 Å². The predicted molar refractivity (Wildman–Crippen MR) is 70.4 cm³/mol. The quantitative estimate of drug-likeness (QED) is 0.653. The molecule has 0 saturated carbocycles. The SMILES string of the molecule is O=C1NC=N[N+]1(CCCC(F)(F)F)c1ccccc1C(F)(F)F. The van der Waals surface area contributed by atoms with Gasteiger partial charge in [0, 0.05) is 18.9 Å². The summed E-state index contributed by atoms with van der Waals surface area (Å²) in [6.45, 7) is -0.533. The maximum absolute atomic E-state index is 13.1. The maximum atomic E-state index is 13.1. The van der Waals surface area contributed by atoms with Crippen LogP contribution in [-0.4, -0.2) is 25.1 Å². The summed E-state index contributed by atoms with van der Waals surface area (Å²) in [6, 6.07) is 3.29. The number of nitrogens with one attached hydrogen (secondary N) is 1. The molecule has 0 fully saturated rings. The van der Waals surface area contributed by atoms with Gasteiger partial charge in [-0.15, -0.1) is 0 Å². The molecule has 23 heavy (non-hydrogen) atoms. The zero-order chi connectivity index (χ0) is 17.3. The molecule has 10 heteroatoms. The number of amides is 2. The average molecular weight is 340 g/mol. The first kappa shape index (κ1) is 17.3. The van der Waals surface area contributed by atoms with E-state index in [2.05, 4.69) is 10.4 Å². The van der Waals surface area contributed by atoms with Crippen molar-refractivity contribution in [1.29, 1.82) is 0 Å². The van der Waals surface area contributed by atoms with Crippen LogP contribution in [0.3, 0.4) is 0 Å². The molecule has 1 unspecified atom stereocenters. The molecule has 1 aromatic rings. The fraction of sp³-hybridized carbons (Fsp3) is 0.385. The van der Waals surface area contributed by atoms with Crippen molar-refractivity contribution < 1.29 is 31.1 Å². The molecule has 0 aliphatic carbocycles. The Bertz CT molecular complexity index is 625. The van der Waals surface area contributed by atoms with Crippen LogP contribution in [0.15, 0.2) is 29.4 Å². The number of quaternary nitrogens is 1. The molecule has 0 aromatic heterocycles. The van der Waals surface area contributed by atoms with Crippen LogP contribution in [-0.2, 0) is 6.18 Å². The number of carbonyl (C=O) groups is 1. The molecule has 126 valence electrons. The molecule has 0 saturated heterocycles. The molecular weight excluding hydrogens is 328 g/mol. The Morgan fingerprint density at radius 3 is 2.26 bits per heavy atom. The molecule has 1 aromatic carbocycles. The highest BCUT2D eigenvalue weighted by Crippen LogP contribution is 2.40. The van der Waals surface area contributed by atoms with Crippen molar-refractivity contribution >= 4 is 18.1 Å². The number of carbonyl (C=O) groups excluding carboxylic acids is 1. The second kappa shape index (κ2) is 5.84. The van der Waals surface area contributed by atoms with Gasteiger partial charge >= 0.3 is 18.4 Å². The minimum atomic E-state index is -4.76. The Morgan fingerprint density at radius 1 is 1.09 bits per heavy atom. The molecule has 0 bridgehead atoms. The smallest absolute Gasteiger partial charge is 0.258 e. The van der Waals surface area contributed by atoms with Gasteiger partial charge in [0.2, 0.25) is 0 Å². The summed E-state index contributed by atoms with van der Waals surface area (Å²) in [4.78, 5) is 12.0. The number of nitrogens with zero attached hydrogens (tertiary/aromatic N) is 2. The van der Waals surface area contributed by atoms with Crippen LogP contribution in [0, 0.1) is 0 Å². The van der Waals surface area contributed by atoms with E-state index in [0.717, 1.165) is 24.5 Å². The van der Waals surface area contributed by atoms with E-state index < -0.39 is 53.6 Å². The molecule has 4 nitrogen and oxygen atoms in total. The van der Waals surface area contributed by atoms with Gasteiger partial charge in [0.15, 0.2) is 12.0 Å². The zero-order valence-corrected chi connectivity index (χ0v) is 11.6. The number of halogens is 6. The van der Waals surface area contributed by atoms with Crippen LogP contribution >= 0.6 is 0 Å². The van der Waals surface area contributed by atoms with Gasteiger partial charge < -0.3 is 0 Å². The van der Waals surface area contributed by atoms with Crippen molar-refractivity contribution in [2.45, 2.75) is 25.2 Å². The highest BCUT2D eigenvalue weighted by atomic mass is 19.4.